The minimum Gasteiger partial charge on any atom is -0.0654 e. The van der Waals surface area contributed by atoms with Gasteiger partial charge in [0.15, 0.2) is 0 Å². The summed E-state index contributed by atoms with van der Waals surface area (Å²) in [5, 5.41) is 0. The second-order valence-corrected chi connectivity index (χ2v) is 5.09. The summed E-state index contributed by atoms with van der Waals surface area (Å²) < 4.78 is 0. The van der Waals surface area contributed by atoms with Crippen molar-refractivity contribution in [2.24, 2.45) is 17.8 Å². The third kappa shape index (κ3) is 3.32. The van der Waals surface area contributed by atoms with Crippen molar-refractivity contribution in [1.82, 2.24) is 0 Å². The van der Waals surface area contributed by atoms with Gasteiger partial charge in [-0.05, 0) is 17.8 Å². The molecular formula is C13H26. The van der Waals surface area contributed by atoms with E-state index in [0.717, 1.165) is 17.8 Å². The topological polar surface area (TPSA) is 0 Å². The van der Waals surface area contributed by atoms with Crippen molar-refractivity contribution in [2.75, 3.05) is 0 Å². The first-order valence-electron chi connectivity index (χ1n) is 6.25. The van der Waals surface area contributed by atoms with Gasteiger partial charge in [-0.1, -0.05) is 65.7 Å². The van der Waals surface area contributed by atoms with Gasteiger partial charge in [-0.2, -0.15) is 0 Å². The fraction of sp³-hybridized carbons (Fsp3) is 1.00. The molecule has 1 unspecified atom stereocenters. The van der Waals surface area contributed by atoms with Crippen molar-refractivity contribution in [2.45, 2.75) is 65.7 Å². The Morgan fingerprint density at radius 3 is 2.15 bits per heavy atom. The lowest BCUT2D eigenvalue weighted by Crippen LogP contribution is -2.22. The van der Waals surface area contributed by atoms with E-state index in [-0.39, 0.29) is 0 Å². The molecule has 0 aromatic heterocycles. The quantitative estimate of drug-likeness (QED) is 0.594. The maximum absolute atomic E-state index is 2.41. The summed E-state index contributed by atoms with van der Waals surface area (Å²) in [4.78, 5) is 0. The lowest BCUT2D eigenvalue weighted by atomic mass is 9.73. The molecule has 0 aliphatic heterocycles. The van der Waals surface area contributed by atoms with Crippen LogP contribution in [-0.4, -0.2) is 0 Å². The summed E-state index contributed by atoms with van der Waals surface area (Å²) in [5.74, 6) is 2.99. The maximum atomic E-state index is 2.41. The average molecular weight is 182 g/mol. The molecule has 1 saturated carbocycles. The summed E-state index contributed by atoms with van der Waals surface area (Å²) >= 11 is 0. The molecule has 13 heavy (non-hydrogen) atoms. The zero-order valence-corrected chi connectivity index (χ0v) is 9.68. The normalized spacial score (nSPS) is 22.2. The molecule has 1 rings (SSSR count). The van der Waals surface area contributed by atoms with Crippen LogP contribution in [0.25, 0.3) is 0 Å². The SMILES string of the molecule is CCCC(C(C)C)C1CCCCC1. The second kappa shape index (κ2) is 5.67. The summed E-state index contributed by atoms with van der Waals surface area (Å²) in [5.41, 5.74) is 0. The molecular weight excluding hydrogens is 156 g/mol. The molecule has 0 saturated heterocycles. The van der Waals surface area contributed by atoms with E-state index < -0.39 is 0 Å². The van der Waals surface area contributed by atoms with Crippen LogP contribution in [0.15, 0.2) is 0 Å². The first-order chi connectivity index (χ1) is 6.25. The fourth-order valence-electron chi connectivity index (χ4n) is 3.01. The Labute approximate surface area is 84.1 Å². The molecule has 0 nitrogen and oxygen atoms in total. The van der Waals surface area contributed by atoms with Crippen LogP contribution in [-0.2, 0) is 0 Å². The second-order valence-electron chi connectivity index (χ2n) is 5.09. The van der Waals surface area contributed by atoms with Gasteiger partial charge in [0.1, 0.15) is 0 Å². The minimum atomic E-state index is 0.906. The molecule has 0 bridgehead atoms. The van der Waals surface area contributed by atoms with Crippen LogP contribution in [0.4, 0.5) is 0 Å². The zero-order chi connectivity index (χ0) is 9.68. The molecule has 0 radical (unpaired) electrons. The van der Waals surface area contributed by atoms with Crippen molar-refractivity contribution in [1.29, 1.82) is 0 Å². The zero-order valence-electron chi connectivity index (χ0n) is 9.68. The van der Waals surface area contributed by atoms with E-state index in [1.54, 1.807) is 0 Å². The number of hydrogen-bond acceptors (Lipinski definition) is 0. The van der Waals surface area contributed by atoms with Gasteiger partial charge in [-0.25, -0.2) is 0 Å². The van der Waals surface area contributed by atoms with Gasteiger partial charge < -0.3 is 0 Å². The summed E-state index contributed by atoms with van der Waals surface area (Å²) in [6, 6.07) is 0. The number of rotatable bonds is 4. The Morgan fingerprint density at radius 2 is 1.69 bits per heavy atom. The van der Waals surface area contributed by atoms with Crippen LogP contribution in [0.1, 0.15) is 65.7 Å². The Kier molecular flexibility index (Phi) is 4.83. The summed E-state index contributed by atoms with van der Waals surface area (Å²) in [6.07, 6.45) is 10.4. The predicted octanol–water partition coefficient (Wildman–Crippen LogP) is 4.64. The van der Waals surface area contributed by atoms with Crippen LogP contribution in [0.3, 0.4) is 0 Å². The van der Waals surface area contributed by atoms with Gasteiger partial charge in [0.25, 0.3) is 0 Å². The lowest BCUT2D eigenvalue weighted by Gasteiger charge is -2.32. The van der Waals surface area contributed by atoms with Gasteiger partial charge in [-0.15, -0.1) is 0 Å². The number of hydrogen-bond donors (Lipinski definition) is 0. The average Bonchev–Trinajstić information content (AvgIpc) is 2.15. The van der Waals surface area contributed by atoms with Gasteiger partial charge in [0.2, 0.25) is 0 Å². The van der Waals surface area contributed by atoms with Crippen LogP contribution in [0.5, 0.6) is 0 Å². The van der Waals surface area contributed by atoms with Crippen molar-refractivity contribution in [3.63, 3.8) is 0 Å². The Morgan fingerprint density at radius 1 is 1.08 bits per heavy atom. The Bertz CT molecular complexity index is 120. The van der Waals surface area contributed by atoms with Gasteiger partial charge in [-0.3, -0.25) is 0 Å². The highest BCUT2D eigenvalue weighted by Gasteiger charge is 2.24. The van der Waals surface area contributed by atoms with E-state index in [1.807, 2.05) is 0 Å². The van der Waals surface area contributed by atoms with Crippen molar-refractivity contribution in [3.8, 4) is 0 Å². The summed E-state index contributed by atoms with van der Waals surface area (Å²) in [6.45, 7) is 7.15. The molecule has 1 atom stereocenters. The first-order valence-corrected chi connectivity index (χ1v) is 6.25. The minimum absolute atomic E-state index is 0.906. The highest BCUT2D eigenvalue weighted by atomic mass is 14.3. The van der Waals surface area contributed by atoms with Gasteiger partial charge in [0.05, 0.1) is 0 Å². The Balaban J connectivity index is 2.41. The van der Waals surface area contributed by atoms with Gasteiger partial charge in [0, 0.05) is 0 Å². The van der Waals surface area contributed by atoms with Crippen LogP contribution < -0.4 is 0 Å². The highest BCUT2D eigenvalue weighted by Crippen LogP contribution is 2.36. The third-order valence-electron chi connectivity index (χ3n) is 3.73. The smallest absolute Gasteiger partial charge is 0.0363 e. The monoisotopic (exact) mass is 182 g/mol. The molecule has 1 aliphatic carbocycles. The molecule has 0 heterocycles. The molecule has 0 N–H and O–H groups in total. The van der Waals surface area contributed by atoms with Crippen LogP contribution in [0, 0.1) is 17.8 Å². The van der Waals surface area contributed by atoms with Crippen LogP contribution >= 0.6 is 0 Å². The standard InChI is InChI=1S/C13H26/c1-4-8-13(11(2)3)12-9-6-5-7-10-12/h11-13H,4-10H2,1-3H3. The largest absolute Gasteiger partial charge is 0.0654 e. The predicted molar refractivity (Wildman–Crippen MR) is 59.8 cm³/mol. The van der Waals surface area contributed by atoms with E-state index in [0.29, 0.717) is 0 Å². The van der Waals surface area contributed by atoms with E-state index in [2.05, 4.69) is 20.8 Å². The van der Waals surface area contributed by atoms with Crippen LogP contribution in [0.2, 0.25) is 0 Å². The summed E-state index contributed by atoms with van der Waals surface area (Å²) in [7, 11) is 0. The molecule has 0 spiro atoms. The molecule has 0 amide bonds. The Hall–Kier alpha value is 0. The molecule has 1 fully saturated rings. The molecule has 78 valence electrons. The molecule has 1 aliphatic rings. The van der Waals surface area contributed by atoms with E-state index in [1.165, 1.54) is 44.9 Å². The maximum Gasteiger partial charge on any atom is -0.0363 e. The molecule has 0 heteroatoms. The van der Waals surface area contributed by atoms with Gasteiger partial charge >= 0.3 is 0 Å². The first kappa shape index (κ1) is 11.1. The van der Waals surface area contributed by atoms with E-state index in [9.17, 15) is 0 Å². The fourth-order valence-corrected chi connectivity index (χ4v) is 3.01. The van der Waals surface area contributed by atoms with Crippen molar-refractivity contribution < 1.29 is 0 Å². The third-order valence-corrected chi connectivity index (χ3v) is 3.73. The van der Waals surface area contributed by atoms with Crippen molar-refractivity contribution >= 4 is 0 Å². The van der Waals surface area contributed by atoms with Crippen molar-refractivity contribution in [3.05, 3.63) is 0 Å². The lowest BCUT2D eigenvalue weighted by molar-refractivity contribution is 0.183. The van der Waals surface area contributed by atoms with E-state index in [4.69, 9.17) is 0 Å². The van der Waals surface area contributed by atoms with E-state index >= 15 is 0 Å². The molecule has 0 aromatic rings. The highest BCUT2D eigenvalue weighted by molar-refractivity contribution is 4.75. The molecule has 0 aromatic carbocycles.